The molecule has 1 atom stereocenters. The van der Waals surface area contributed by atoms with E-state index in [-0.39, 0.29) is 17.8 Å². The molecule has 10 heteroatoms. The van der Waals surface area contributed by atoms with Gasteiger partial charge in [-0.1, -0.05) is 6.07 Å². The molecule has 28 heavy (non-hydrogen) atoms. The Labute approximate surface area is 166 Å². The molecule has 1 unspecified atom stereocenters. The van der Waals surface area contributed by atoms with Gasteiger partial charge in [0.2, 0.25) is 0 Å². The topological polar surface area (TPSA) is 130 Å². The molecule has 0 saturated carbocycles. The second-order valence-corrected chi connectivity index (χ2v) is 9.45. The predicted octanol–water partition coefficient (Wildman–Crippen LogP) is 3.42. The molecule has 0 bridgehead atoms. The van der Waals surface area contributed by atoms with E-state index in [0.717, 1.165) is 12.8 Å². The molecule has 0 radical (unpaired) electrons. The average molecular weight is 413 g/mol. The Bertz CT molecular complexity index is 778. The number of hydrogen-bond acceptors (Lipinski definition) is 8. The average Bonchev–Trinajstić information content (AvgIpc) is 2.57. The standard InChI is InChI=1S/C18H28N4O5S/c1-18(2,3)27-17(23)22-9-5-6-12(10-22)11-26-14-8-4-7-13-15(14)16(19)21-28(24,25)20-13/h4,7-8,12,20,24-25H,5-6,9-11H2,1-3H3,(H2,19,21). The molecule has 1 aromatic carbocycles. The summed E-state index contributed by atoms with van der Waals surface area (Å²) in [7, 11) is -3.33. The quantitative estimate of drug-likeness (QED) is 0.598. The number of piperidine rings is 1. The van der Waals surface area contributed by atoms with E-state index in [2.05, 4.69) is 9.12 Å². The number of hydrogen-bond donors (Lipinski definition) is 4. The summed E-state index contributed by atoms with van der Waals surface area (Å²) in [4.78, 5) is 14.0. The monoisotopic (exact) mass is 412 g/mol. The third kappa shape index (κ3) is 5.00. The van der Waals surface area contributed by atoms with Crippen LogP contribution in [-0.2, 0) is 4.74 Å². The number of amides is 1. The van der Waals surface area contributed by atoms with Gasteiger partial charge in [0.25, 0.3) is 0 Å². The van der Waals surface area contributed by atoms with Gasteiger partial charge in [-0.3, -0.25) is 13.8 Å². The van der Waals surface area contributed by atoms with Gasteiger partial charge < -0.3 is 20.1 Å². The highest BCUT2D eigenvalue weighted by Crippen LogP contribution is 2.46. The minimum atomic E-state index is -3.33. The van der Waals surface area contributed by atoms with Crippen LogP contribution in [0.2, 0.25) is 0 Å². The van der Waals surface area contributed by atoms with Crippen LogP contribution in [0, 0.1) is 5.92 Å². The lowest BCUT2D eigenvalue weighted by Crippen LogP contribution is -2.44. The van der Waals surface area contributed by atoms with Crippen molar-refractivity contribution in [3.63, 3.8) is 0 Å². The van der Waals surface area contributed by atoms with E-state index in [1.54, 1.807) is 23.1 Å². The van der Waals surface area contributed by atoms with Crippen LogP contribution < -0.4 is 15.2 Å². The van der Waals surface area contributed by atoms with Crippen LogP contribution in [0.4, 0.5) is 10.5 Å². The summed E-state index contributed by atoms with van der Waals surface area (Å²) in [6.07, 6.45) is 1.52. The summed E-state index contributed by atoms with van der Waals surface area (Å²) in [6.45, 7) is 7.19. The molecular weight excluding hydrogens is 384 g/mol. The van der Waals surface area contributed by atoms with Crippen molar-refractivity contribution in [2.45, 2.75) is 39.2 Å². The summed E-state index contributed by atoms with van der Waals surface area (Å²) in [5, 5.41) is 0. The molecule has 5 N–H and O–H groups in total. The Morgan fingerprint density at radius 3 is 2.89 bits per heavy atom. The Balaban J connectivity index is 1.65. The first-order valence-electron chi connectivity index (χ1n) is 9.19. The fraction of sp³-hybridized carbons (Fsp3) is 0.556. The first kappa shape index (κ1) is 20.6. The normalized spacial score (nSPS) is 22.4. The number of fused-ring (bicyclic) bond motifs is 1. The number of nitrogens with zero attached hydrogens (tertiary/aromatic N) is 2. The summed E-state index contributed by atoms with van der Waals surface area (Å²) < 4.78 is 37.2. The number of benzene rings is 1. The van der Waals surface area contributed by atoms with Crippen molar-refractivity contribution in [3.8, 4) is 5.75 Å². The maximum Gasteiger partial charge on any atom is 0.410 e. The maximum absolute atomic E-state index is 12.3. The van der Waals surface area contributed by atoms with Gasteiger partial charge in [0, 0.05) is 19.0 Å². The molecule has 1 fully saturated rings. The fourth-order valence-corrected chi connectivity index (χ4v) is 4.13. The minimum Gasteiger partial charge on any atom is -0.492 e. The molecule has 2 aliphatic heterocycles. The zero-order valence-electron chi connectivity index (χ0n) is 16.3. The molecule has 0 aromatic heterocycles. The lowest BCUT2D eigenvalue weighted by molar-refractivity contribution is 0.0139. The molecule has 156 valence electrons. The third-order valence-electron chi connectivity index (χ3n) is 4.40. The first-order chi connectivity index (χ1) is 13.0. The van der Waals surface area contributed by atoms with Crippen molar-refractivity contribution in [1.82, 2.24) is 4.90 Å². The summed E-state index contributed by atoms with van der Waals surface area (Å²) in [5.74, 6) is 0.686. The van der Waals surface area contributed by atoms with Gasteiger partial charge in [0.1, 0.15) is 11.4 Å². The summed E-state index contributed by atoms with van der Waals surface area (Å²) in [5.41, 5.74) is 6.36. The van der Waals surface area contributed by atoms with Gasteiger partial charge in [0.15, 0.2) is 5.84 Å². The summed E-state index contributed by atoms with van der Waals surface area (Å²) in [6, 6.07) is 5.18. The van der Waals surface area contributed by atoms with E-state index in [1.165, 1.54) is 0 Å². The lowest BCUT2D eigenvalue weighted by Gasteiger charge is -2.35. The molecule has 0 spiro atoms. The number of nitrogens with two attached hydrogens (primary N) is 1. The highest BCUT2D eigenvalue weighted by Gasteiger charge is 2.29. The predicted molar refractivity (Wildman–Crippen MR) is 110 cm³/mol. The number of likely N-dealkylation sites (tertiary alicyclic amines) is 1. The van der Waals surface area contributed by atoms with Gasteiger partial charge in [0.05, 0.1) is 17.9 Å². The van der Waals surface area contributed by atoms with Crippen LogP contribution in [0.5, 0.6) is 5.75 Å². The second kappa shape index (κ2) is 7.69. The van der Waals surface area contributed by atoms with Crippen molar-refractivity contribution in [2.24, 2.45) is 16.0 Å². The number of ether oxygens (including phenoxy) is 2. The minimum absolute atomic E-state index is 0.0170. The van der Waals surface area contributed by atoms with Gasteiger partial charge in [-0.15, -0.1) is 4.40 Å². The summed E-state index contributed by atoms with van der Waals surface area (Å²) >= 11 is 0. The van der Waals surface area contributed by atoms with Crippen LogP contribution in [-0.4, -0.2) is 51.2 Å². The van der Waals surface area contributed by atoms with Crippen molar-refractivity contribution in [2.75, 3.05) is 24.4 Å². The zero-order valence-corrected chi connectivity index (χ0v) is 17.2. The molecule has 1 amide bonds. The highest BCUT2D eigenvalue weighted by atomic mass is 32.3. The van der Waals surface area contributed by atoms with Gasteiger partial charge in [-0.25, -0.2) is 4.79 Å². The zero-order chi connectivity index (χ0) is 20.5. The second-order valence-electron chi connectivity index (χ2n) is 8.02. The number of carbonyl (C=O) groups excluding carboxylic acids is 1. The Morgan fingerprint density at radius 2 is 2.18 bits per heavy atom. The van der Waals surface area contributed by atoms with E-state index in [4.69, 9.17) is 15.2 Å². The van der Waals surface area contributed by atoms with Gasteiger partial charge in [-0.2, -0.15) is 0 Å². The smallest absolute Gasteiger partial charge is 0.410 e. The molecule has 9 nitrogen and oxygen atoms in total. The third-order valence-corrected chi connectivity index (χ3v) is 5.35. The number of nitrogens with one attached hydrogen (secondary N) is 1. The Kier molecular flexibility index (Phi) is 5.64. The highest BCUT2D eigenvalue weighted by molar-refractivity contribution is 8.24. The van der Waals surface area contributed by atoms with Crippen LogP contribution in [0.3, 0.4) is 0 Å². The fourth-order valence-electron chi connectivity index (χ4n) is 3.25. The van der Waals surface area contributed by atoms with E-state index < -0.39 is 16.6 Å². The van der Waals surface area contributed by atoms with Crippen molar-refractivity contribution in [1.29, 1.82) is 0 Å². The van der Waals surface area contributed by atoms with Crippen LogP contribution >= 0.6 is 11.0 Å². The molecule has 2 aliphatic rings. The number of carbonyl (C=O) groups is 1. The largest absolute Gasteiger partial charge is 0.492 e. The Morgan fingerprint density at radius 1 is 1.43 bits per heavy atom. The van der Waals surface area contributed by atoms with E-state index >= 15 is 0 Å². The van der Waals surface area contributed by atoms with E-state index in [9.17, 15) is 13.9 Å². The lowest BCUT2D eigenvalue weighted by atomic mass is 9.99. The number of anilines is 1. The van der Waals surface area contributed by atoms with Crippen molar-refractivity contribution in [3.05, 3.63) is 23.8 Å². The van der Waals surface area contributed by atoms with Crippen molar-refractivity contribution < 1.29 is 23.4 Å². The van der Waals surface area contributed by atoms with Crippen LogP contribution in [0.1, 0.15) is 39.2 Å². The maximum atomic E-state index is 12.3. The molecule has 1 aromatic rings. The van der Waals surface area contributed by atoms with Gasteiger partial charge >= 0.3 is 6.09 Å². The molecule has 2 heterocycles. The molecule has 0 aliphatic carbocycles. The van der Waals surface area contributed by atoms with Crippen LogP contribution in [0.15, 0.2) is 22.6 Å². The molecular formula is C18H28N4O5S. The van der Waals surface area contributed by atoms with Crippen LogP contribution in [0.25, 0.3) is 0 Å². The Hall–Kier alpha value is -2.17. The first-order valence-corrected chi connectivity index (χ1v) is 10.7. The SMILES string of the molecule is CC(C)(C)OC(=O)N1CCCC(COc2cccc3c2C(N)=NS(O)(O)N3)C1. The number of rotatable bonds is 3. The van der Waals surface area contributed by atoms with Crippen molar-refractivity contribution >= 4 is 28.6 Å². The van der Waals surface area contributed by atoms with E-state index in [0.29, 0.717) is 36.7 Å². The number of amidine groups is 1. The van der Waals surface area contributed by atoms with E-state index in [1.807, 2.05) is 20.8 Å². The molecule has 1 saturated heterocycles. The molecule has 3 rings (SSSR count). The van der Waals surface area contributed by atoms with Gasteiger partial charge in [-0.05, 0) is 56.7 Å².